The van der Waals surface area contributed by atoms with Gasteiger partial charge in [0.05, 0.1) is 18.3 Å². The van der Waals surface area contributed by atoms with Crippen LogP contribution in [0.2, 0.25) is 18.1 Å². The van der Waals surface area contributed by atoms with Crippen LogP contribution in [-0.2, 0) is 33.3 Å². The molecule has 9 nitrogen and oxygen atoms in total. The summed E-state index contributed by atoms with van der Waals surface area (Å²) in [6.07, 6.45) is -4.06. The van der Waals surface area contributed by atoms with E-state index in [1.54, 1.807) is 0 Å². The molecule has 0 aliphatic carbocycles. The zero-order chi connectivity index (χ0) is 31.6. The first-order valence-corrected chi connectivity index (χ1v) is 18.1. The molecule has 2 aliphatic heterocycles. The van der Waals surface area contributed by atoms with Gasteiger partial charge in [0.25, 0.3) is 0 Å². The lowest BCUT2D eigenvalue weighted by atomic mass is 9.82. The summed E-state index contributed by atoms with van der Waals surface area (Å²) in [5.41, 5.74) is 0.724. The minimum atomic E-state index is -2.12. The molecule has 1 N–H and O–H groups in total. The number of hydrogen-bond donors (Lipinski definition) is 1. The topological polar surface area (TPSA) is 110 Å². The lowest BCUT2D eigenvalue weighted by Gasteiger charge is -2.48. The van der Waals surface area contributed by atoms with Crippen molar-refractivity contribution in [3.8, 4) is 5.75 Å². The zero-order valence-corrected chi connectivity index (χ0v) is 28.2. The zero-order valence-electron chi connectivity index (χ0n) is 27.2. The van der Waals surface area contributed by atoms with Crippen molar-refractivity contribution in [1.82, 2.24) is 0 Å². The van der Waals surface area contributed by atoms with Crippen LogP contribution in [0.25, 0.3) is 0 Å². The van der Waals surface area contributed by atoms with Gasteiger partial charge in [0.1, 0.15) is 24.6 Å². The molecule has 10 atom stereocenters. The van der Waals surface area contributed by atoms with Gasteiger partial charge in [-0.05, 0) is 48.2 Å². The fourth-order valence-electron chi connectivity index (χ4n) is 5.51. The second kappa shape index (κ2) is 13.8. The van der Waals surface area contributed by atoms with Gasteiger partial charge in [0.15, 0.2) is 12.4 Å². The molecule has 0 aromatic heterocycles. The Hall–Kier alpha value is -1.98. The third-order valence-corrected chi connectivity index (χ3v) is 13.8. The number of benzene rings is 1. The van der Waals surface area contributed by atoms with Gasteiger partial charge in [0, 0.05) is 25.7 Å². The van der Waals surface area contributed by atoms with E-state index in [0.717, 1.165) is 12.0 Å². The first kappa shape index (κ1) is 34.5. The van der Waals surface area contributed by atoms with E-state index in [-0.39, 0.29) is 35.5 Å². The smallest absolute Gasteiger partial charge is 0.303 e. The van der Waals surface area contributed by atoms with Crippen molar-refractivity contribution in [3.05, 3.63) is 29.8 Å². The van der Waals surface area contributed by atoms with Gasteiger partial charge in [-0.15, -0.1) is 0 Å². The summed E-state index contributed by atoms with van der Waals surface area (Å²) in [4.78, 5) is 23.8. The predicted molar refractivity (Wildman–Crippen MR) is 161 cm³/mol. The molecule has 2 heterocycles. The highest BCUT2D eigenvalue weighted by molar-refractivity contribution is 6.74. The minimum absolute atomic E-state index is 0.00363. The van der Waals surface area contributed by atoms with Crippen molar-refractivity contribution in [2.24, 2.45) is 17.8 Å². The van der Waals surface area contributed by atoms with Gasteiger partial charge in [-0.25, -0.2) is 0 Å². The molecule has 1 aromatic carbocycles. The Bertz CT molecular complexity index is 1070. The Morgan fingerprint density at radius 3 is 2.19 bits per heavy atom. The van der Waals surface area contributed by atoms with E-state index >= 15 is 0 Å². The molecule has 0 spiro atoms. The standard InChI is InChI=1S/C32H52O9Si/c1-12-25-18(2)19(3)29(37-22(6)34)31(39-25)40-28-20(4)26(17-36-21(5)33)38-30(27(28)35)23-14-13-15-24(16-23)41-42(10,11)32(7,8)9/h13-16,18-20,25-31,35H,12,17H2,1-11H3/t18-,19-,20+,25+,26+,27-,28-,29-,30+,31+/m0/s1. The molecule has 10 heteroatoms. The molecule has 1 aromatic rings. The predicted octanol–water partition coefficient (Wildman–Crippen LogP) is 5.79. The number of carbonyl (C=O) groups is 2. The molecule has 2 aliphatic rings. The van der Waals surface area contributed by atoms with Crippen LogP contribution in [0.3, 0.4) is 0 Å². The highest BCUT2D eigenvalue weighted by Gasteiger charge is 2.50. The normalized spacial score (nSPS) is 34.0. The third-order valence-electron chi connectivity index (χ3n) is 9.40. The quantitative estimate of drug-likeness (QED) is 0.275. The van der Waals surface area contributed by atoms with E-state index in [0.29, 0.717) is 5.75 Å². The number of carbonyl (C=O) groups excluding carboxylic acids is 2. The number of rotatable bonds is 9. The molecule has 238 valence electrons. The molecular formula is C32H52O9Si. The number of ether oxygens (including phenoxy) is 5. The number of aliphatic hydroxyl groups excluding tert-OH is 1. The van der Waals surface area contributed by atoms with Crippen LogP contribution >= 0.6 is 0 Å². The summed E-state index contributed by atoms with van der Waals surface area (Å²) in [6, 6.07) is 7.59. The molecular weight excluding hydrogens is 556 g/mol. The van der Waals surface area contributed by atoms with E-state index in [1.807, 2.05) is 45.0 Å². The molecule has 0 unspecified atom stereocenters. The highest BCUT2D eigenvalue weighted by atomic mass is 28.4. The van der Waals surface area contributed by atoms with Crippen LogP contribution in [-0.4, -0.2) is 68.8 Å². The van der Waals surface area contributed by atoms with Gasteiger partial charge >= 0.3 is 11.9 Å². The van der Waals surface area contributed by atoms with Gasteiger partial charge in [-0.2, -0.15) is 0 Å². The highest BCUT2D eigenvalue weighted by Crippen LogP contribution is 2.42. The van der Waals surface area contributed by atoms with Crippen molar-refractivity contribution in [2.45, 2.75) is 130 Å². The fraction of sp³-hybridized carbons (Fsp3) is 0.750. The van der Waals surface area contributed by atoms with Crippen molar-refractivity contribution in [3.63, 3.8) is 0 Å². The number of esters is 2. The summed E-state index contributed by atoms with van der Waals surface area (Å²) < 4.78 is 37.0. The molecule has 0 radical (unpaired) electrons. The van der Waals surface area contributed by atoms with Crippen molar-refractivity contribution in [1.29, 1.82) is 0 Å². The van der Waals surface area contributed by atoms with Crippen LogP contribution in [0.5, 0.6) is 5.75 Å². The maximum atomic E-state index is 12.1. The Morgan fingerprint density at radius 1 is 0.952 bits per heavy atom. The van der Waals surface area contributed by atoms with Gasteiger partial charge < -0.3 is 33.2 Å². The number of aliphatic hydroxyl groups is 1. The molecule has 0 amide bonds. The van der Waals surface area contributed by atoms with E-state index in [1.165, 1.54) is 13.8 Å². The third kappa shape index (κ3) is 7.94. The van der Waals surface area contributed by atoms with E-state index in [9.17, 15) is 14.7 Å². The monoisotopic (exact) mass is 608 g/mol. The van der Waals surface area contributed by atoms with Crippen molar-refractivity contribution < 1.29 is 42.8 Å². The summed E-state index contributed by atoms with van der Waals surface area (Å²) in [6.45, 7) is 21.7. The average molecular weight is 609 g/mol. The first-order chi connectivity index (χ1) is 19.5. The van der Waals surface area contributed by atoms with Gasteiger partial charge in [0.2, 0.25) is 8.32 Å². The summed E-state index contributed by atoms with van der Waals surface area (Å²) >= 11 is 0. The Balaban J connectivity index is 1.96. The maximum Gasteiger partial charge on any atom is 0.303 e. The lowest BCUT2D eigenvalue weighted by Crippen LogP contribution is -2.58. The lowest BCUT2D eigenvalue weighted by molar-refractivity contribution is -0.321. The second-order valence-electron chi connectivity index (χ2n) is 13.5. The summed E-state index contributed by atoms with van der Waals surface area (Å²) in [5.74, 6) is -0.392. The van der Waals surface area contributed by atoms with Gasteiger partial charge in [-0.1, -0.05) is 60.6 Å². The van der Waals surface area contributed by atoms with Gasteiger partial charge in [-0.3, -0.25) is 9.59 Å². The van der Waals surface area contributed by atoms with E-state index < -0.39 is 57.1 Å². The van der Waals surface area contributed by atoms with E-state index in [2.05, 4.69) is 40.8 Å². The van der Waals surface area contributed by atoms with Crippen molar-refractivity contribution in [2.75, 3.05) is 6.61 Å². The molecule has 2 fully saturated rings. The fourth-order valence-corrected chi connectivity index (χ4v) is 6.53. The van der Waals surface area contributed by atoms with Crippen LogP contribution in [0.4, 0.5) is 0 Å². The number of hydrogen-bond acceptors (Lipinski definition) is 9. The largest absolute Gasteiger partial charge is 0.543 e. The Morgan fingerprint density at radius 2 is 1.62 bits per heavy atom. The summed E-state index contributed by atoms with van der Waals surface area (Å²) in [7, 11) is -2.12. The Kier molecular flexibility index (Phi) is 11.3. The molecule has 2 saturated heterocycles. The van der Waals surface area contributed by atoms with E-state index in [4.69, 9.17) is 28.1 Å². The molecule has 3 rings (SSSR count). The van der Waals surface area contributed by atoms with Crippen LogP contribution in [0, 0.1) is 17.8 Å². The molecule has 0 bridgehead atoms. The maximum absolute atomic E-state index is 12.1. The van der Waals surface area contributed by atoms with Crippen LogP contribution in [0.1, 0.15) is 80.4 Å². The first-order valence-electron chi connectivity index (χ1n) is 15.2. The molecule has 0 saturated carbocycles. The second-order valence-corrected chi connectivity index (χ2v) is 18.3. The SMILES string of the molecule is CC[C@H]1O[C@H](O[C@H]2[C@H](C)[C@@H](COC(C)=O)O[C@H](c3cccc(O[Si](C)(C)C(C)(C)C)c3)[C@H]2O)[C@@H](OC(C)=O)[C@@H](C)[C@@H]1C. The molecule has 42 heavy (non-hydrogen) atoms. The van der Waals surface area contributed by atoms with Crippen LogP contribution in [0.15, 0.2) is 24.3 Å². The average Bonchev–Trinajstić information content (AvgIpc) is 2.88. The van der Waals surface area contributed by atoms with Crippen molar-refractivity contribution >= 4 is 20.3 Å². The van der Waals surface area contributed by atoms with Crippen LogP contribution < -0.4 is 4.43 Å². The minimum Gasteiger partial charge on any atom is -0.543 e. The Labute approximate surface area is 252 Å². The summed E-state index contributed by atoms with van der Waals surface area (Å²) in [5, 5.41) is 11.8.